The highest BCUT2D eigenvalue weighted by molar-refractivity contribution is 8.18. The molecule has 0 fully saturated rings. The van der Waals surface area contributed by atoms with Gasteiger partial charge in [0.1, 0.15) is 0 Å². The standard InChI is InChI=1S/C2H4N2O4S/c3-1(5)9(7,8)2(4)6/h(H2,3,5)(H2,4,6). The maximum absolute atomic E-state index is 10.1. The molecule has 0 saturated heterocycles. The zero-order valence-electron chi connectivity index (χ0n) is 4.20. The van der Waals surface area contributed by atoms with E-state index in [2.05, 4.69) is 11.5 Å². The number of nitrogens with two attached hydrogens (primary N) is 2. The number of hydrogen-bond acceptors (Lipinski definition) is 4. The number of sulfone groups is 1. The van der Waals surface area contributed by atoms with Crippen LogP contribution in [0.15, 0.2) is 0 Å². The fraction of sp³-hybridized carbons (Fsp3) is 0. The Morgan fingerprint density at radius 3 is 1.22 bits per heavy atom. The van der Waals surface area contributed by atoms with Gasteiger partial charge in [-0.15, -0.1) is 0 Å². The third-order valence-corrected chi connectivity index (χ3v) is 1.59. The normalized spacial score (nSPS) is 10.7. The maximum atomic E-state index is 10.1. The summed E-state index contributed by atoms with van der Waals surface area (Å²) < 4.78 is 20.2. The number of rotatable bonds is 0. The van der Waals surface area contributed by atoms with Gasteiger partial charge in [0.15, 0.2) is 0 Å². The average Bonchev–Trinajstić information content (AvgIpc) is 1.65. The molecule has 0 rings (SSSR count). The minimum absolute atomic E-state index is 1.73. The van der Waals surface area contributed by atoms with Gasteiger partial charge in [-0.1, -0.05) is 0 Å². The van der Waals surface area contributed by atoms with Crippen molar-refractivity contribution in [2.75, 3.05) is 0 Å². The molecule has 0 atom stereocenters. The molecule has 0 aliphatic carbocycles. The van der Waals surface area contributed by atoms with Crippen molar-refractivity contribution in [3.8, 4) is 0 Å². The topological polar surface area (TPSA) is 120 Å². The highest BCUT2D eigenvalue weighted by Crippen LogP contribution is 1.86. The minimum Gasteiger partial charge on any atom is -0.356 e. The Kier molecular flexibility index (Phi) is 1.77. The molecule has 7 heteroatoms. The Hall–Kier alpha value is -1.11. The van der Waals surface area contributed by atoms with Crippen LogP contribution in [0.3, 0.4) is 0 Å². The first kappa shape index (κ1) is 7.89. The molecule has 0 aliphatic rings. The lowest BCUT2D eigenvalue weighted by molar-refractivity contribution is 0.260. The van der Waals surface area contributed by atoms with Crippen LogP contribution >= 0.6 is 0 Å². The summed E-state index contributed by atoms with van der Waals surface area (Å²) in [6.07, 6.45) is 0. The molecule has 0 aromatic carbocycles. The molecule has 0 radical (unpaired) electrons. The SMILES string of the molecule is NC(=O)S(=O)(=O)C(N)=O. The van der Waals surface area contributed by atoms with E-state index < -0.39 is 20.3 Å². The quantitative estimate of drug-likeness (QED) is 0.441. The van der Waals surface area contributed by atoms with Crippen molar-refractivity contribution in [2.24, 2.45) is 11.5 Å². The summed E-state index contributed by atoms with van der Waals surface area (Å²) in [5.41, 5.74) is 8.49. The molecule has 0 bridgehead atoms. The highest BCUT2D eigenvalue weighted by atomic mass is 32.2. The maximum Gasteiger partial charge on any atom is 0.343 e. The molecule has 9 heavy (non-hydrogen) atoms. The van der Waals surface area contributed by atoms with Gasteiger partial charge in [0.2, 0.25) is 0 Å². The zero-order chi connectivity index (χ0) is 7.65. The Bertz CT molecular complexity index is 219. The monoisotopic (exact) mass is 152 g/mol. The Morgan fingerprint density at radius 1 is 1.00 bits per heavy atom. The summed E-state index contributed by atoms with van der Waals surface area (Å²) in [6.45, 7) is 0. The molecule has 0 heterocycles. The number of carbonyl (C=O) groups excluding carboxylic acids is 2. The fourth-order valence-electron chi connectivity index (χ4n) is 0.0991. The predicted octanol–water partition coefficient (Wildman–Crippen LogP) is -1.44. The van der Waals surface area contributed by atoms with E-state index in [1.165, 1.54) is 0 Å². The zero-order valence-corrected chi connectivity index (χ0v) is 5.01. The van der Waals surface area contributed by atoms with Crippen LogP contribution in [-0.2, 0) is 9.84 Å². The molecule has 0 aromatic rings. The largest absolute Gasteiger partial charge is 0.356 e. The van der Waals surface area contributed by atoms with Crippen molar-refractivity contribution in [3.63, 3.8) is 0 Å². The molecule has 4 N–H and O–H groups in total. The average molecular weight is 152 g/mol. The molecule has 52 valence electrons. The van der Waals surface area contributed by atoms with Crippen LogP contribution in [0.4, 0.5) is 9.59 Å². The van der Waals surface area contributed by atoms with Crippen LogP contribution < -0.4 is 11.5 Å². The van der Waals surface area contributed by atoms with Gasteiger partial charge in [0.25, 0.3) is 0 Å². The number of carbonyl (C=O) groups is 2. The lowest BCUT2D eigenvalue weighted by Gasteiger charge is -1.88. The molecule has 0 spiro atoms. The molecule has 0 aromatic heterocycles. The Labute approximate surface area is 50.7 Å². The second kappa shape index (κ2) is 2.02. The first-order chi connectivity index (χ1) is 3.89. The van der Waals surface area contributed by atoms with E-state index in [-0.39, 0.29) is 0 Å². The van der Waals surface area contributed by atoms with Crippen LogP contribution in [0, 0.1) is 0 Å². The van der Waals surface area contributed by atoms with Crippen LogP contribution in [-0.4, -0.2) is 18.9 Å². The van der Waals surface area contributed by atoms with Gasteiger partial charge in [-0.05, 0) is 0 Å². The van der Waals surface area contributed by atoms with Crippen molar-refractivity contribution in [3.05, 3.63) is 0 Å². The van der Waals surface area contributed by atoms with Crippen molar-refractivity contribution < 1.29 is 18.0 Å². The van der Waals surface area contributed by atoms with Gasteiger partial charge in [0, 0.05) is 0 Å². The lowest BCUT2D eigenvalue weighted by Crippen LogP contribution is -2.32. The third-order valence-electron chi connectivity index (χ3n) is 0.530. The van der Waals surface area contributed by atoms with E-state index in [4.69, 9.17) is 0 Å². The molecule has 2 amide bonds. The second-order valence-electron chi connectivity index (χ2n) is 1.14. The summed E-state index contributed by atoms with van der Waals surface area (Å²) in [5.74, 6) is 0. The fourth-order valence-corrected chi connectivity index (χ4v) is 0.297. The van der Waals surface area contributed by atoms with Crippen molar-refractivity contribution in [1.29, 1.82) is 0 Å². The van der Waals surface area contributed by atoms with E-state index in [0.717, 1.165) is 0 Å². The number of hydrogen-bond donors (Lipinski definition) is 2. The Balaban J connectivity index is 4.87. The molecule has 0 saturated carbocycles. The third kappa shape index (κ3) is 1.39. The van der Waals surface area contributed by atoms with Crippen LogP contribution in [0.5, 0.6) is 0 Å². The number of primary amides is 2. The van der Waals surface area contributed by atoms with E-state index in [1.807, 2.05) is 0 Å². The van der Waals surface area contributed by atoms with Crippen molar-refractivity contribution in [1.82, 2.24) is 0 Å². The summed E-state index contributed by atoms with van der Waals surface area (Å²) >= 11 is 0. The predicted molar refractivity (Wildman–Crippen MR) is 28.1 cm³/mol. The van der Waals surface area contributed by atoms with Crippen LogP contribution in [0.1, 0.15) is 0 Å². The molecular weight excluding hydrogens is 148 g/mol. The van der Waals surface area contributed by atoms with Gasteiger partial charge in [0.05, 0.1) is 0 Å². The second-order valence-corrected chi connectivity index (χ2v) is 2.95. The number of amides is 2. The van der Waals surface area contributed by atoms with E-state index >= 15 is 0 Å². The Morgan fingerprint density at radius 2 is 1.22 bits per heavy atom. The minimum atomic E-state index is -4.54. The smallest absolute Gasteiger partial charge is 0.343 e. The van der Waals surface area contributed by atoms with Gasteiger partial charge in [-0.25, -0.2) is 8.42 Å². The van der Waals surface area contributed by atoms with Gasteiger partial charge in [-0.2, -0.15) is 0 Å². The molecule has 0 aliphatic heterocycles. The van der Waals surface area contributed by atoms with E-state index in [1.54, 1.807) is 0 Å². The lowest BCUT2D eigenvalue weighted by atomic mass is 11.4. The highest BCUT2D eigenvalue weighted by Gasteiger charge is 2.25. The van der Waals surface area contributed by atoms with E-state index in [0.29, 0.717) is 0 Å². The summed E-state index contributed by atoms with van der Waals surface area (Å²) in [7, 11) is -4.54. The van der Waals surface area contributed by atoms with Gasteiger partial charge < -0.3 is 11.5 Å². The molecule has 0 unspecified atom stereocenters. The molecular formula is C2H4N2O4S. The summed E-state index contributed by atoms with van der Waals surface area (Å²) in [4.78, 5) is 19.6. The van der Waals surface area contributed by atoms with Crippen LogP contribution in [0.25, 0.3) is 0 Å². The van der Waals surface area contributed by atoms with Gasteiger partial charge in [-0.3, -0.25) is 9.59 Å². The van der Waals surface area contributed by atoms with Crippen LogP contribution in [0.2, 0.25) is 0 Å². The first-order valence-corrected chi connectivity index (χ1v) is 3.21. The van der Waals surface area contributed by atoms with E-state index in [9.17, 15) is 18.0 Å². The summed E-state index contributed by atoms with van der Waals surface area (Å²) in [6, 6.07) is 0. The van der Waals surface area contributed by atoms with Crippen molar-refractivity contribution in [2.45, 2.75) is 0 Å². The molecule has 6 nitrogen and oxygen atoms in total. The summed E-state index contributed by atoms with van der Waals surface area (Å²) in [5, 5.41) is -3.45. The van der Waals surface area contributed by atoms with Gasteiger partial charge >= 0.3 is 20.3 Å². The van der Waals surface area contributed by atoms with Crippen molar-refractivity contribution >= 4 is 20.3 Å². The first-order valence-electron chi connectivity index (χ1n) is 1.73.